The zero-order chi connectivity index (χ0) is 13.5. The Morgan fingerprint density at radius 3 is 2.58 bits per heavy atom. The molecule has 0 unspecified atom stereocenters. The molecule has 1 heterocycles. The number of hydrogen-bond donors (Lipinski definition) is 0. The summed E-state index contributed by atoms with van der Waals surface area (Å²) in [5.41, 5.74) is 2.34. The molecule has 0 saturated heterocycles. The highest BCUT2D eigenvalue weighted by molar-refractivity contribution is 7.98. The fourth-order valence-electron chi connectivity index (χ4n) is 1.63. The van der Waals surface area contributed by atoms with Crippen molar-refractivity contribution in [3.05, 3.63) is 70.0 Å². The zero-order valence-corrected chi connectivity index (χ0v) is 11.2. The topological polar surface area (TPSA) is 56.0 Å². The van der Waals surface area contributed by atoms with E-state index in [4.69, 9.17) is 0 Å². The van der Waals surface area contributed by atoms with Crippen LogP contribution in [-0.2, 0) is 12.2 Å². The molecule has 1 aromatic carbocycles. The second kappa shape index (κ2) is 6.89. The van der Waals surface area contributed by atoms with Crippen LogP contribution in [0.1, 0.15) is 11.3 Å². The van der Waals surface area contributed by atoms with Gasteiger partial charge >= 0.3 is 0 Å². The van der Waals surface area contributed by atoms with Crippen molar-refractivity contribution in [2.45, 2.75) is 12.2 Å². The monoisotopic (exact) mass is 274 g/mol. The molecule has 0 saturated carbocycles. The number of thioether (sulfide) groups is 1. The number of nitro groups is 1. The molecule has 0 spiro atoms. The Morgan fingerprint density at radius 1 is 1.16 bits per heavy atom. The minimum atomic E-state index is -0.377. The maximum atomic E-state index is 10.5. The smallest absolute Gasteiger partial charge is 0.261 e. The third-order valence-corrected chi connectivity index (χ3v) is 3.67. The first-order chi connectivity index (χ1) is 9.25. The van der Waals surface area contributed by atoms with Gasteiger partial charge in [0.1, 0.15) is 0 Å². The molecule has 0 radical (unpaired) electrons. The third-order valence-electron chi connectivity index (χ3n) is 2.64. The van der Waals surface area contributed by atoms with Crippen LogP contribution in [0.5, 0.6) is 0 Å². The number of aromatic nitrogens is 1. The number of nitro benzene ring substituents is 1. The van der Waals surface area contributed by atoms with E-state index in [0.29, 0.717) is 0 Å². The molecule has 5 heteroatoms. The van der Waals surface area contributed by atoms with E-state index in [1.807, 2.05) is 30.3 Å². The summed E-state index contributed by atoms with van der Waals surface area (Å²) in [7, 11) is 0. The zero-order valence-electron chi connectivity index (χ0n) is 10.4. The number of hydrogen-bond acceptors (Lipinski definition) is 4. The minimum absolute atomic E-state index is 0.141. The Kier molecular flexibility index (Phi) is 4.92. The van der Waals surface area contributed by atoms with Gasteiger partial charge in [0.25, 0.3) is 5.69 Å². The standard InChI is InChI=1S/C14H14N2O2S/c17-16(18)14-6-4-12(5-7-14)11-19-10-8-13-3-1-2-9-15-13/h1-7,9H,8,10-11H2. The van der Waals surface area contributed by atoms with Crippen molar-refractivity contribution in [1.82, 2.24) is 4.98 Å². The SMILES string of the molecule is O=[N+]([O-])c1ccc(CSCCc2ccccn2)cc1. The molecule has 98 valence electrons. The Morgan fingerprint density at radius 2 is 1.95 bits per heavy atom. The van der Waals surface area contributed by atoms with Gasteiger partial charge in [0.2, 0.25) is 0 Å². The van der Waals surface area contributed by atoms with E-state index in [-0.39, 0.29) is 10.6 Å². The summed E-state index contributed by atoms with van der Waals surface area (Å²) >= 11 is 1.81. The van der Waals surface area contributed by atoms with Crippen molar-refractivity contribution in [1.29, 1.82) is 0 Å². The molecule has 0 bridgehead atoms. The first-order valence-corrected chi connectivity index (χ1v) is 7.12. The van der Waals surface area contributed by atoms with Crippen LogP contribution < -0.4 is 0 Å². The average molecular weight is 274 g/mol. The molecular formula is C14H14N2O2S. The quantitative estimate of drug-likeness (QED) is 0.460. The summed E-state index contributed by atoms with van der Waals surface area (Å²) in [4.78, 5) is 14.4. The van der Waals surface area contributed by atoms with Crippen molar-refractivity contribution in [3.8, 4) is 0 Å². The van der Waals surface area contributed by atoms with Crippen molar-refractivity contribution in [2.24, 2.45) is 0 Å². The number of aryl methyl sites for hydroxylation is 1. The Hall–Kier alpha value is -1.88. The van der Waals surface area contributed by atoms with Gasteiger partial charge in [-0.3, -0.25) is 15.1 Å². The summed E-state index contributed by atoms with van der Waals surface area (Å²) < 4.78 is 0. The highest BCUT2D eigenvalue weighted by Gasteiger charge is 2.03. The molecule has 0 aliphatic carbocycles. The molecule has 4 nitrogen and oxygen atoms in total. The summed E-state index contributed by atoms with van der Waals surface area (Å²) in [6, 6.07) is 12.6. The van der Waals surface area contributed by atoms with Gasteiger partial charge in [0.05, 0.1) is 4.92 Å². The Labute approximate surface area is 116 Å². The highest BCUT2D eigenvalue weighted by Crippen LogP contribution is 2.17. The average Bonchev–Trinajstić information content (AvgIpc) is 2.45. The van der Waals surface area contributed by atoms with Gasteiger partial charge in [-0.05, 0) is 29.9 Å². The largest absolute Gasteiger partial charge is 0.269 e. The lowest BCUT2D eigenvalue weighted by molar-refractivity contribution is -0.384. The van der Waals surface area contributed by atoms with Crippen molar-refractivity contribution in [3.63, 3.8) is 0 Å². The second-order valence-electron chi connectivity index (χ2n) is 4.05. The third kappa shape index (κ3) is 4.37. The Bertz CT molecular complexity index is 529. The minimum Gasteiger partial charge on any atom is -0.261 e. The van der Waals surface area contributed by atoms with E-state index >= 15 is 0 Å². The van der Waals surface area contributed by atoms with Gasteiger partial charge in [-0.1, -0.05) is 18.2 Å². The molecule has 2 rings (SSSR count). The van der Waals surface area contributed by atoms with E-state index in [1.165, 1.54) is 0 Å². The number of pyridine rings is 1. The van der Waals surface area contributed by atoms with Crippen molar-refractivity contribution in [2.75, 3.05) is 5.75 Å². The lowest BCUT2D eigenvalue weighted by Crippen LogP contribution is -1.92. The predicted octanol–water partition coefficient (Wildman–Crippen LogP) is 3.47. The maximum Gasteiger partial charge on any atom is 0.269 e. The van der Waals surface area contributed by atoms with Gasteiger partial charge in [-0.25, -0.2) is 0 Å². The normalized spacial score (nSPS) is 10.3. The molecule has 0 aliphatic heterocycles. The van der Waals surface area contributed by atoms with E-state index in [9.17, 15) is 10.1 Å². The van der Waals surface area contributed by atoms with Crippen molar-refractivity contribution < 1.29 is 4.92 Å². The number of rotatable bonds is 6. The van der Waals surface area contributed by atoms with Crippen LogP contribution in [0.25, 0.3) is 0 Å². The first kappa shape index (κ1) is 13.5. The van der Waals surface area contributed by atoms with Gasteiger partial charge in [-0.15, -0.1) is 0 Å². The molecule has 19 heavy (non-hydrogen) atoms. The van der Waals surface area contributed by atoms with E-state index in [2.05, 4.69) is 4.98 Å². The highest BCUT2D eigenvalue weighted by atomic mass is 32.2. The molecule has 0 amide bonds. The van der Waals surface area contributed by atoms with Crippen LogP contribution >= 0.6 is 11.8 Å². The van der Waals surface area contributed by atoms with Gasteiger partial charge in [0, 0.05) is 29.8 Å². The molecule has 0 N–H and O–H groups in total. The summed E-state index contributed by atoms with van der Waals surface area (Å²) in [6.45, 7) is 0. The number of nitrogens with zero attached hydrogens (tertiary/aromatic N) is 2. The summed E-state index contributed by atoms with van der Waals surface area (Å²) in [5.74, 6) is 1.86. The fourth-order valence-corrected chi connectivity index (χ4v) is 2.55. The maximum absolute atomic E-state index is 10.5. The fraction of sp³-hybridized carbons (Fsp3) is 0.214. The number of non-ortho nitro benzene ring substituents is 1. The number of benzene rings is 1. The van der Waals surface area contributed by atoms with Crippen molar-refractivity contribution >= 4 is 17.4 Å². The first-order valence-electron chi connectivity index (χ1n) is 5.97. The Balaban J connectivity index is 1.75. The summed E-state index contributed by atoms with van der Waals surface area (Å²) in [5, 5.41) is 10.5. The molecular weight excluding hydrogens is 260 g/mol. The van der Waals surface area contributed by atoms with Gasteiger partial charge in [0.15, 0.2) is 0 Å². The van der Waals surface area contributed by atoms with Crippen LogP contribution in [0.15, 0.2) is 48.7 Å². The molecule has 2 aromatic rings. The van der Waals surface area contributed by atoms with Gasteiger partial charge < -0.3 is 0 Å². The lowest BCUT2D eigenvalue weighted by Gasteiger charge is -2.02. The summed E-state index contributed by atoms with van der Waals surface area (Å²) in [6.07, 6.45) is 2.74. The van der Waals surface area contributed by atoms with Crippen LogP contribution in [0.2, 0.25) is 0 Å². The second-order valence-corrected chi connectivity index (χ2v) is 5.15. The van der Waals surface area contributed by atoms with E-state index in [0.717, 1.165) is 29.2 Å². The van der Waals surface area contributed by atoms with Crippen LogP contribution in [0, 0.1) is 10.1 Å². The van der Waals surface area contributed by atoms with Crippen LogP contribution in [0.4, 0.5) is 5.69 Å². The van der Waals surface area contributed by atoms with E-state index < -0.39 is 0 Å². The molecule has 0 fully saturated rings. The van der Waals surface area contributed by atoms with Crippen LogP contribution in [0.3, 0.4) is 0 Å². The predicted molar refractivity (Wildman–Crippen MR) is 77.2 cm³/mol. The molecule has 1 aromatic heterocycles. The lowest BCUT2D eigenvalue weighted by atomic mass is 10.2. The molecule has 0 atom stereocenters. The van der Waals surface area contributed by atoms with Crippen LogP contribution in [-0.4, -0.2) is 15.7 Å². The molecule has 0 aliphatic rings. The van der Waals surface area contributed by atoms with Gasteiger partial charge in [-0.2, -0.15) is 11.8 Å². The van der Waals surface area contributed by atoms with E-state index in [1.54, 1.807) is 30.1 Å².